The van der Waals surface area contributed by atoms with Crippen molar-refractivity contribution in [1.29, 1.82) is 0 Å². The third-order valence-corrected chi connectivity index (χ3v) is 13.9. The number of thiophene rings is 2. The van der Waals surface area contributed by atoms with Gasteiger partial charge < -0.3 is 0 Å². The first-order valence-electron chi connectivity index (χ1n) is 19.7. The first kappa shape index (κ1) is 37.5. The molecule has 0 saturated carbocycles. The highest BCUT2D eigenvalue weighted by molar-refractivity contribution is 7.19. The average molecular weight is 757 g/mol. The van der Waals surface area contributed by atoms with Crippen molar-refractivity contribution in [3.8, 4) is 41.8 Å². The number of nitrogens with zero attached hydrogens (tertiary/aromatic N) is 4. The standard InChI is InChI=1S/C46H52N4S3/c1-7-11-13-31(9-3)27-33-15-19-35(20-16-33)37-23-25-39(51-37)41-43-44(48-30(6)29(5)47-43)42(46-45(41)49-53-50-46)40-26-24-38(52-40)36-21-17-34(18-22-36)28-32(10-4)14-12-8-2/h15-26,31-32H,7-14,27-28H2,1-6H3. The summed E-state index contributed by atoms with van der Waals surface area (Å²) in [5.41, 5.74) is 12.9. The number of rotatable bonds is 16. The summed E-state index contributed by atoms with van der Waals surface area (Å²) in [6, 6.07) is 27.4. The van der Waals surface area contributed by atoms with Crippen LogP contribution in [0.25, 0.3) is 63.8 Å². The number of hydrogen-bond donors (Lipinski definition) is 0. The van der Waals surface area contributed by atoms with Gasteiger partial charge in [-0.3, -0.25) is 0 Å². The number of unbranched alkanes of at least 4 members (excludes halogenated alkanes) is 2. The van der Waals surface area contributed by atoms with E-state index in [0.717, 1.165) is 79.0 Å². The second kappa shape index (κ2) is 17.1. The zero-order valence-electron chi connectivity index (χ0n) is 32.2. The fourth-order valence-corrected chi connectivity index (χ4v) is 10.3. The molecule has 0 N–H and O–H groups in total. The zero-order chi connectivity index (χ0) is 36.9. The molecule has 274 valence electrons. The molecule has 3 aromatic carbocycles. The van der Waals surface area contributed by atoms with Crippen molar-refractivity contribution in [1.82, 2.24) is 18.7 Å². The molecule has 0 aliphatic heterocycles. The number of fused-ring (bicyclic) bond motifs is 2. The van der Waals surface area contributed by atoms with E-state index in [1.54, 1.807) is 22.7 Å². The van der Waals surface area contributed by atoms with Crippen LogP contribution < -0.4 is 0 Å². The van der Waals surface area contributed by atoms with Gasteiger partial charge in [-0.1, -0.05) is 128 Å². The molecule has 4 aromatic heterocycles. The molecule has 4 heterocycles. The maximum atomic E-state index is 5.23. The Morgan fingerprint density at radius 2 is 0.887 bits per heavy atom. The van der Waals surface area contributed by atoms with Crippen molar-refractivity contribution in [2.45, 2.75) is 106 Å². The molecule has 2 atom stereocenters. The molecule has 0 aliphatic rings. The minimum absolute atomic E-state index is 0.763. The van der Waals surface area contributed by atoms with Crippen LogP contribution in [0.5, 0.6) is 0 Å². The molecule has 0 spiro atoms. The Hall–Kier alpha value is -3.78. The van der Waals surface area contributed by atoms with Crippen molar-refractivity contribution in [3.63, 3.8) is 0 Å². The highest BCUT2D eigenvalue weighted by Gasteiger charge is 2.25. The fraction of sp³-hybridized carbons (Fsp3) is 0.391. The van der Waals surface area contributed by atoms with E-state index < -0.39 is 0 Å². The van der Waals surface area contributed by atoms with E-state index in [9.17, 15) is 0 Å². The molecule has 7 aromatic rings. The van der Waals surface area contributed by atoms with E-state index in [1.807, 2.05) is 0 Å². The Labute approximate surface area is 328 Å². The van der Waals surface area contributed by atoms with Gasteiger partial charge in [0.1, 0.15) is 22.1 Å². The van der Waals surface area contributed by atoms with E-state index in [4.69, 9.17) is 18.7 Å². The summed E-state index contributed by atoms with van der Waals surface area (Å²) in [7, 11) is 0. The van der Waals surface area contributed by atoms with Gasteiger partial charge in [0.15, 0.2) is 0 Å². The molecule has 0 bridgehead atoms. The van der Waals surface area contributed by atoms with Crippen LogP contribution in [0.2, 0.25) is 0 Å². The summed E-state index contributed by atoms with van der Waals surface area (Å²) >= 11 is 4.88. The number of aromatic nitrogens is 4. The lowest BCUT2D eigenvalue weighted by molar-refractivity contribution is 0.449. The molecule has 0 saturated heterocycles. The van der Waals surface area contributed by atoms with Gasteiger partial charge in [0.05, 0.1) is 23.1 Å². The Morgan fingerprint density at radius 1 is 0.491 bits per heavy atom. The van der Waals surface area contributed by atoms with Crippen molar-refractivity contribution < 1.29 is 0 Å². The number of hydrogen-bond acceptors (Lipinski definition) is 7. The van der Waals surface area contributed by atoms with E-state index in [-0.39, 0.29) is 0 Å². The first-order chi connectivity index (χ1) is 25.9. The summed E-state index contributed by atoms with van der Waals surface area (Å²) in [6.45, 7) is 13.3. The Balaban J connectivity index is 1.22. The van der Waals surface area contributed by atoms with E-state index in [0.29, 0.717) is 0 Å². The van der Waals surface area contributed by atoms with Gasteiger partial charge in [-0.05, 0) is 85.0 Å². The summed E-state index contributed by atoms with van der Waals surface area (Å²) in [5.74, 6) is 1.53. The molecular formula is C46H52N4S3. The van der Waals surface area contributed by atoms with Gasteiger partial charge in [0.2, 0.25) is 0 Å². The van der Waals surface area contributed by atoms with Crippen LogP contribution in [0.15, 0.2) is 72.8 Å². The van der Waals surface area contributed by atoms with Crippen molar-refractivity contribution in [2.24, 2.45) is 11.8 Å². The molecule has 53 heavy (non-hydrogen) atoms. The van der Waals surface area contributed by atoms with Gasteiger partial charge in [0, 0.05) is 30.6 Å². The molecule has 0 radical (unpaired) electrons. The van der Waals surface area contributed by atoms with Crippen molar-refractivity contribution in [3.05, 3.63) is 95.3 Å². The summed E-state index contributed by atoms with van der Waals surface area (Å²) in [4.78, 5) is 15.2. The van der Waals surface area contributed by atoms with E-state index in [1.165, 1.54) is 95.1 Å². The summed E-state index contributed by atoms with van der Waals surface area (Å²) in [6.07, 6.45) is 12.6. The molecular weight excluding hydrogens is 705 g/mol. The maximum Gasteiger partial charge on any atom is 0.116 e. The van der Waals surface area contributed by atoms with Gasteiger partial charge >= 0.3 is 0 Å². The quantitative estimate of drug-likeness (QED) is 0.0985. The maximum absolute atomic E-state index is 5.23. The third kappa shape index (κ3) is 8.18. The van der Waals surface area contributed by atoms with Crippen LogP contribution in [0.4, 0.5) is 0 Å². The van der Waals surface area contributed by atoms with Crippen molar-refractivity contribution in [2.75, 3.05) is 0 Å². The average Bonchev–Trinajstić information content (AvgIpc) is 3.98. The smallest absolute Gasteiger partial charge is 0.116 e. The summed E-state index contributed by atoms with van der Waals surface area (Å²) < 4.78 is 9.86. The molecule has 7 heteroatoms. The zero-order valence-corrected chi connectivity index (χ0v) is 34.6. The normalized spacial score (nSPS) is 12.9. The Kier molecular flexibility index (Phi) is 12.1. The van der Waals surface area contributed by atoms with Gasteiger partial charge in [-0.2, -0.15) is 8.75 Å². The van der Waals surface area contributed by atoms with Crippen LogP contribution in [0, 0.1) is 25.7 Å². The first-order valence-corrected chi connectivity index (χ1v) is 22.1. The van der Waals surface area contributed by atoms with Crippen LogP contribution in [0.1, 0.15) is 102 Å². The van der Waals surface area contributed by atoms with Crippen LogP contribution in [-0.4, -0.2) is 18.7 Å². The molecule has 7 rings (SSSR count). The van der Waals surface area contributed by atoms with Crippen LogP contribution >= 0.6 is 34.4 Å². The fourth-order valence-electron chi connectivity index (χ4n) is 7.58. The second-order valence-electron chi connectivity index (χ2n) is 14.8. The SMILES string of the molecule is CCCCC(CC)Cc1ccc(-c2ccc(-c3c4nsnc4c(-c4ccc(-c5ccc(CC(CC)CCCC)cc5)s4)c4nc(C)c(C)nc34)s2)cc1. The lowest BCUT2D eigenvalue weighted by Gasteiger charge is -2.14. The van der Waals surface area contributed by atoms with Crippen LogP contribution in [0.3, 0.4) is 0 Å². The molecule has 0 fully saturated rings. The third-order valence-electron chi connectivity index (χ3n) is 11.1. The van der Waals surface area contributed by atoms with E-state index >= 15 is 0 Å². The highest BCUT2D eigenvalue weighted by atomic mass is 32.1. The Bertz CT molecular complexity index is 2120. The topological polar surface area (TPSA) is 51.6 Å². The van der Waals surface area contributed by atoms with Gasteiger partial charge in [-0.25, -0.2) is 9.97 Å². The second-order valence-corrected chi connectivity index (χ2v) is 17.5. The minimum Gasteiger partial charge on any atom is -0.249 e. The molecule has 0 aliphatic carbocycles. The number of aryl methyl sites for hydroxylation is 2. The lowest BCUT2D eigenvalue weighted by atomic mass is 9.91. The van der Waals surface area contributed by atoms with Crippen molar-refractivity contribution >= 4 is 56.5 Å². The monoisotopic (exact) mass is 756 g/mol. The lowest BCUT2D eigenvalue weighted by Crippen LogP contribution is -2.03. The Morgan fingerprint density at radius 3 is 1.26 bits per heavy atom. The minimum atomic E-state index is 0.763. The largest absolute Gasteiger partial charge is 0.249 e. The van der Waals surface area contributed by atoms with Crippen LogP contribution in [-0.2, 0) is 12.8 Å². The van der Waals surface area contributed by atoms with Gasteiger partial charge in [-0.15, -0.1) is 22.7 Å². The predicted octanol–water partition coefficient (Wildman–Crippen LogP) is 14.6. The molecule has 4 nitrogen and oxygen atoms in total. The predicted molar refractivity (Wildman–Crippen MR) is 232 cm³/mol. The van der Waals surface area contributed by atoms with E-state index in [2.05, 4.69) is 114 Å². The van der Waals surface area contributed by atoms with Gasteiger partial charge in [0.25, 0.3) is 0 Å². The highest BCUT2D eigenvalue weighted by Crippen LogP contribution is 2.47. The summed E-state index contributed by atoms with van der Waals surface area (Å²) in [5, 5.41) is 0. The number of benzene rings is 3. The molecule has 2 unspecified atom stereocenters. The molecule has 0 amide bonds.